The zero-order chi connectivity index (χ0) is 17.9. The summed E-state index contributed by atoms with van der Waals surface area (Å²) in [7, 11) is 0. The number of nitrogens with zero attached hydrogens (tertiary/aromatic N) is 6. The van der Waals surface area contributed by atoms with Crippen molar-refractivity contribution in [3.05, 3.63) is 5.82 Å². The number of hydrogen-bond donors (Lipinski definition) is 1. The Kier molecular flexibility index (Phi) is 5.68. The minimum absolute atomic E-state index is 0.200. The summed E-state index contributed by atoms with van der Waals surface area (Å²) in [6.07, 6.45) is 4.51. The molecule has 2 fully saturated rings. The average Bonchev–Trinajstić information content (AvgIpc) is 2.98. The second-order valence-electron chi connectivity index (χ2n) is 7.77. The average molecular weight is 350 g/mol. The van der Waals surface area contributed by atoms with Gasteiger partial charge in [-0.25, -0.2) is 4.68 Å². The minimum Gasteiger partial charge on any atom is -0.392 e. The van der Waals surface area contributed by atoms with E-state index in [1.807, 2.05) is 16.5 Å². The van der Waals surface area contributed by atoms with Crippen molar-refractivity contribution in [1.29, 1.82) is 0 Å². The highest BCUT2D eigenvalue weighted by Gasteiger charge is 2.40. The molecular weight excluding hydrogens is 320 g/mol. The Balaban J connectivity index is 1.44. The van der Waals surface area contributed by atoms with Crippen LogP contribution in [0.5, 0.6) is 0 Å². The van der Waals surface area contributed by atoms with Gasteiger partial charge in [0.05, 0.1) is 6.10 Å². The predicted molar refractivity (Wildman–Crippen MR) is 92.8 cm³/mol. The quantitative estimate of drug-likeness (QED) is 0.802. The van der Waals surface area contributed by atoms with Crippen molar-refractivity contribution >= 4 is 5.91 Å². The van der Waals surface area contributed by atoms with Crippen LogP contribution in [-0.2, 0) is 11.3 Å². The highest BCUT2D eigenvalue weighted by Crippen LogP contribution is 2.40. The summed E-state index contributed by atoms with van der Waals surface area (Å²) >= 11 is 0. The third kappa shape index (κ3) is 4.55. The van der Waals surface area contributed by atoms with E-state index < -0.39 is 6.10 Å². The molecular formula is C17H30N6O2. The smallest absolute Gasteiger partial charge is 0.222 e. The largest absolute Gasteiger partial charge is 0.392 e. The molecule has 1 aromatic heterocycles. The van der Waals surface area contributed by atoms with Crippen LogP contribution in [0.15, 0.2) is 0 Å². The molecule has 0 aromatic carbocycles. The number of piperidine rings is 2. The summed E-state index contributed by atoms with van der Waals surface area (Å²) in [6, 6.07) is 0. The fourth-order valence-electron chi connectivity index (χ4n) is 4.15. The minimum atomic E-state index is -0.450. The van der Waals surface area contributed by atoms with E-state index in [0.29, 0.717) is 13.0 Å². The third-order valence-electron chi connectivity index (χ3n) is 5.70. The highest BCUT2D eigenvalue weighted by molar-refractivity contribution is 5.77. The van der Waals surface area contributed by atoms with Crippen LogP contribution >= 0.6 is 0 Å². The van der Waals surface area contributed by atoms with Crippen molar-refractivity contribution in [2.24, 2.45) is 5.41 Å². The van der Waals surface area contributed by atoms with Gasteiger partial charge < -0.3 is 14.9 Å². The van der Waals surface area contributed by atoms with Crippen molar-refractivity contribution in [3.8, 4) is 0 Å². The first kappa shape index (κ1) is 18.3. The fourth-order valence-corrected chi connectivity index (χ4v) is 4.15. The molecule has 25 heavy (non-hydrogen) atoms. The molecule has 0 saturated carbocycles. The van der Waals surface area contributed by atoms with Gasteiger partial charge in [0, 0.05) is 26.1 Å². The molecule has 140 valence electrons. The van der Waals surface area contributed by atoms with Crippen LogP contribution in [-0.4, -0.2) is 79.8 Å². The third-order valence-corrected chi connectivity index (χ3v) is 5.70. The molecule has 0 radical (unpaired) electrons. The second-order valence-corrected chi connectivity index (χ2v) is 7.77. The van der Waals surface area contributed by atoms with Crippen molar-refractivity contribution in [2.75, 3.05) is 32.7 Å². The second kappa shape index (κ2) is 7.78. The van der Waals surface area contributed by atoms with Gasteiger partial charge in [-0.05, 0) is 75.0 Å². The van der Waals surface area contributed by atoms with Crippen LogP contribution in [0.1, 0.15) is 44.9 Å². The van der Waals surface area contributed by atoms with Gasteiger partial charge >= 0.3 is 0 Å². The number of amides is 1. The number of aliphatic hydroxyl groups is 1. The molecule has 3 rings (SSSR count). The molecule has 1 aromatic rings. The van der Waals surface area contributed by atoms with Gasteiger partial charge in [0.2, 0.25) is 5.91 Å². The van der Waals surface area contributed by atoms with Crippen molar-refractivity contribution in [3.63, 3.8) is 0 Å². The predicted octanol–water partition coefficient (Wildman–Crippen LogP) is 0.457. The van der Waals surface area contributed by atoms with Crippen LogP contribution in [0.2, 0.25) is 0 Å². The van der Waals surface area contributed by atoms with Crippen molar-refractivity contribution < 1.29 is 9.90 Å². The summed E-state index contributed by atoms with van der Waals surface area (Å²) in [5.74, 6) is 1.06. The van der Waals surface area contributed by atoms with Gasteiger partial charge in [-0.15, -0.1) is 5.10 Å². The van der Waals surface area contributed by atoms with E-state index in [2.05, 4.69) is 20.4 Å². The molecule has 2 aliphatic rings. The lowest BCUT2D eigenvalue weighted by molar-refractivity contribution is -0.140. The number of rotatable bonds is 6. The van der Waals surface area contributed by atoms with Gasteiger partial charge in [0.1, 0.15) is 5.82 Å². The molecule has 1 amide bonds. The Morgan fingerprint density at radius 3 is 2.64 bits per heavy atom. The molecule has 2 saturated heterocycles. The fraction of sp³-hybridized carbons (Fsp3) is 0.882. The number of aromatic nitrogens is 4. The zero-order valence-electron chi connectivity index (χ0n) is 15.4. The van der Waals surface area contributed by atoms with E-state index in [9.17, 15) is 9.90 Å². The van der Waals surface area contributed by atoms with Crippen LogP contribution in [0.3, 0.4) is 0 Å². The lowest BCUT2D eigenvalue weighted by Gasteiger charge is -2.47. The van der Waals surface area contributed by atoms with Crippen LogP contribution < -0.4 is 0 Å². The Morgan fingerprint density at radius 2 is 2.00 bits per heavy atom. The zero-order valence-corrected chi connectivity index (χ0v) is 15.4. The summed E-state index contributed by atoms with van der Waals surface area (Å²) in [5, 5.41) is 21.2. The van der Waals surface area contributed by atoms with E-state index in [0.717, 1.165) is 64.2 Å². The maximum Gasteiger partial charge on any atom is 0.222 e. The van der Waals surface area contributed by atoms with Crippen LogP contribution in [0, 0.1) is 12.3 Å². The summed E-state index contributed by atoms with van der Waals surface area (Å²) < 4.78 is 1.85. The van der Waals surface area contributed by atoms with E-state index >= 15 is 0 Å². The maximum absolute atomic E-state index is 12.1. The number of tetrazole rings is 1. The molecule has 0 bridgehead atoms. The van der Waals surface area contributed by atoms with Gasteiger partial charge in [-0.3, -0.25) is 4.79 Å². The van der Waals surface area contributed by atoms with Gasteiger partial charge in [-0.2, -0.15) is 0 Å². The molecule has 1 N–H and O–H groups in total. The molecule has 8 nitrogen and oxygen atoms in total. The standard InChI is InChI=1S/C17H30N6O2/c1-14(24)12-22-13-17(5-4-16(22)25)6-10-21(11-7-17)8-3-9-23-15(2)18-19-20-23/h14,24H,3-13H2,1-2H3/t14-/m0/s1. The maximum atomic E-state index is 12.1. The molecule has 8 heteroatoms. The Morgan fingerprint density at radius 1 is 1.24 bits per heavy atom. The van der Waals surface area contributed by atoms with Crippen LogP contribution in [0.4, 0.5) is 0 Å². The van der Waals surface area contributed by atoms with E-state index in [4.69, 9.17) is 0 Å². The molecule has 3 heterocycles. The van der Waals surface area contributed by atoms with Gasteiger partial charge in [0.15, 0.2) is 0 Å². The SMILES string of the molecule is Cc1nnnn1CCCN1CCC2(CCC(=O)N(C[C@H](C)O)C2)CC1. The summed E-state index contributed by atoms with van der Waals surface area (Å²) in [6.45, 7) is 9.06. The van der Waals surface area contributed by atoms with E-state index in [1.165, 1.54) is 0 Å². The van der Waals surface area contributed by atoms with Crippen LogP contribution in [0.25, 0.3) is 0 Å². The highest BCUT2D eigenvalue weighted by atomic mass is 16.3. The van der Waals surface area contributed by atoms with Crippen molar-refractivity contribution in [2.45, 2.75) is 58.6 Å². The Hall–Kier alpha value is -1.54. The lowest BCUT2D eigenvalue weighted by Crippen LogP contribution is -2.52. The van der Waals surface area contributed by atoms with E-state index in [-0.39, 0.29) is 11.3 Å². The van der Waals surface area contributed by atoms with Gasteiger partial charge in [0.25, 0.3) is 0 Å². The number of aliphatic hydroxyl groups excluding tert-OH is 1. The molecule has 0 aliphatic carbocycles. The molecule has 1 atom stereocenters. The number of carbonyl (C=O) groups is 1. The topological polar surface area (TPSA) is 87.4 Å². The molecule has 1 spiro atoms. The lowest BCUT2D eigenvalue weighted by atomic mass is 9.72. The first-order chi connectivity index (χ1) is 12.0. The number of hydrogen-bond acceptors (Lipinski definition) is 6. The first-order valence-corrected chi connectivity index (χ1v) is 9.38. The Bertz CT molecular complexity index is 579. The Labute approximate surface area is 149 Å². The monoisotopic (exact) mass is 350 g/mol. The van der Waals surface area contributed by atoms with E-state index in [1.54, 1.807) is 6.92 Å². The molecule has 0 unspecified atom stereocenters. The first-order valence-electron chi connectivity index (χ1n) is 9.38. The normalized spacial score (nSPS) is 22.5. The summed E-state index contributed by atoms with van der Waals surface area (Å²) in [4.78, 5) is 16.5. The number of β-amino-alcohol motifs (C(OH)–C–C–N with tert-alkyl or cyclic N) is 1. The van der Waals surface area contributed by atoms with Gasteiger partial charge in [-0.1, -0.05) is 0 Å². The number of carbonyl (C=O) groups excluding carboxylic acids is 1. The summed E-state index contributed by atoms with van der Waals surface area (Å²) in [5.41, 5.74) is 0.256. The van der Waals surface area contributed by atoms with Crippen molar-refractivity contribution in [1.82, 2.24) is 30.0 Å². The number of likely N-dealkylation sites (tertiary alicyclic amines) is 2. The molecule has 2 aliphatic heterocycles. The number of aryl methyl sites for hydroxylation is 2.